The number of aryl methyl sites for hydroxylation is 1. The molecule has 2 saturated carbocycles. The number of nitrogens with one attached hydrogen (secondary N) is 1. The van der Waals surface area contributed by atoms with Gasteiger partial charge >= 0.3 is 0 Å². The standard InChI is InChI=1S/C28H35ClN4OS/c1-17(2)19-8-10-22(11-9-19)35-23-12-13-25(18(3)14-23)31-28-30-16-20-15-24(29)27(34)33(26(20)32-28)21-6-4-5-7-21/h12-17,19,21-22H,4-11H2,1-3H3,(H,30,31,32). The summed E-state index contributed by atoms with van der Waals surface area (Å²) < 4.78 is 1.79. The van der Waals surface area contributed by atoms with Crippen LogP contribution in [-0.2, 0) is 0 Å². The molecule has 3 aromatic rings. The first-order valence-electron chi connectivity index (χ1n) is 13.0. The van der Waals surface area contributed by atoms with Crippen molar-refractivity contribution in [3.63, 3.8) is 0 Å². The maximum atomic E-state index is 12.9. The third kappa shape index (κ3) is 5.39. The molecule has 0 amide bonds. The van der Waals surface area contributed by atoms with Gasteiger partial charge in [0.05, 0.1) is 0 Å². The molecule has 2 heterocycles. The van der Waals surface area contributed by atoms with E-state index < -0.39 is 0 Å². The molecule has 2 aromatic heterocycles. The molecule has 35 heavy (non-hydrogen) atoms. The van der Waals surface area contributed by atoms with E-state index in [0.717, 1.165) is 48.6 Å². The summed E-state index contributed by atoms with van der Waals surface area (Å²) in [5.41, 5.74) is 2.65. The second kappa shape index (κ2) is 10.5. The van der Waals surface area contributed by atoms with Crippen molar-refractivity contribution in [3.05, 3.63) is 51.4 Å². The molecule has 2 aliphatic carbocycles. The lowest BCUT2D eigenvalue weighted by molar-refractivity contribution is 0.284. The van der Waals surface area contributed by atoms with Gasteiger partial charge in [0, 0.05) is 33.5 Å². The van der Waals surface area contributed by atoms with Crippen molar-refractivity contribution in [3.8, 4) is 0 Å². The summed E-state index contributed by atoms with van der Waals surface area (Å²) in [6, 6.07) is 8.41. The van der Waals surface area contributed by atoms with Crippen molar-refractivity contribution < 1.29 is 0 Å². The van der Waals surface area contributed by atoms with Gasteiger partial charge in [-0.05, 0) is 87.1 Å². The molecule has 1 aromatic carbocycles. The number of fused-ring (bicyclic) bond motifs is 1. The van der Waals surface area contributed by atoms with Crippen LogP contribution >= 0.6 is 23.4 Å². The van der Waals surface area contributed by atoms with Gasteiger partial charge in [-0.25, -0.2) is 4.98 Å². The lowest BCUT2D eigenvalue weighted by atomic mass is 9.81. The number of halogens is 1. The second-order valence-corrected chi connectivity index (χ2v) is 12.4. The molecule has 5 rings (SSSR count). The fourth-order valence-electron chi connectivity index (χ4n) is 5.68. The summed E-state index contributed by atoms with van der Waals surface area (Å²) in [7, 11) is 0. The van der Waals surface area contributed by atoms with Crippen LogP contribution in [0.4, 0.5) is 11.6 Å². The van der Waals surface area contributed by atoms with Gasteiger partial charge < -0.3 is 5.32 Å². The molecule has 0 atom stereocenters. The maximum absolute atomic E-state index is 12.9. The van der Waals surface area contributed by atoms with Crippen LogP contribution in [0.2, 0.25) is 5.02 Å². The Morgan fingerprint density at radius 3 is 2.51 bits per heavy atom. The zero-order chi connectivity index (χ0) is 24.5. The van der Waals surface area contributed by atoms with E-state index in [2.05, 4.69) is 49.3 Å². The third-order valence-corrected chi connectivity index (χ3v) is 9.43. The van der Waals surface area contributed by atoms with Crippen LogP contribution in [0.1, 0.15) is 76.8 Å². The van der Waals surface area contributed by atoms with Crippen LogP contribution in [0.15, 0.2) is 40.2 Å². The number of anilines is 2. The molecule has 5 nitrogen and oxygen atoms in total. The van der Waals surface area contributed by atoms with E-state index in [4.69, 9.17) is 16.6 Å². The van der Waals surface area contributed by atoms with E-state index in [1.54, 1.807) is 16.8 Å². The molecule has 0 unspecified atom stereocenters. The molecule has 186 valence electrons. The quantitative estimate of drug-likeness (QED) is 0.365. The van der Waals surface area contributed by atoms with Gasteiger partial charge in [0.2, 0.25) is 5.95 Å². The van der Waals surface area contributed by atoms with Crippen molar-refractivity contribution in [2.75, 3.05) is 5.32 Å². The highest BCUT2D eigenvalue weighted by Gasteiger charge is 2.24. The van der Waals surface area contributed by atoms with Crippen molar-refractivity contribution in [1.82, 2.24) is 14.5 Å². The van der Waals surface area contributed by atoms with E-state index in [1.807, 2.05) is 11.8 Å². The minimum atomic E-state index is -0.157. The first-order chi connectivity index (χ1) is 16.9. The average molecular weight is 511 g/mol. The van der Waals surface area contributed by atoms with Crippen molar-refractivity contribution in [2.45, 2.75) is 88.3 Å². The number of rotatable bonds is 6. The van der Waals surface area contributed by atoms with Crippen LogP contribution in [0, 0.1) is 18.8 Å². The van der Waals surface area contributed by atoms with E-state index in [-0.39, 0.29) is 16.6 Å². The van der Waals surface area contributed by atoms with Crippen LogP contribution < -0.4 is 10.9 Å². The summed E-state index contributed by atoms with van der Waals surface area (Å²) >= 11 is 8.28. The molecule has 0 radical (unpaired) electrons. The predicted octanol–water partition coefficient (Wildman–Crippen LogP) is 7.92. The molecule has 0 aliphatic heterocycles. The molecular formula is C28H35ClN4OS. The highest BCUT2D eigenvalue weighted by atomic mass is 35.5. The minimum absolute atomic E-state index is 0.153. The Balaban J connectivity index is 1.34. The Morgan fingerprint density at radius 2 is 1.83 bits per heavy atom. The zero-order valence-corrected chi connectivity index (χ0v) is 22.5. The third-order valence-electron chi connectivity index (χ3n) is 7.83. The Labute approximate surface area is 217 Å². The number of aromatic nitrogens is 3. The van der Waals surface area contributed by atoms with Crippen LogP contribution in [0.3, 0.4) is 0 Å². The topological polar surface area (TPSA) is 59.8 Å². The molecular weight excluding hydrogens is 476 g/mol. The Bertz CT molecular complexity index is 1260. The summed E-state index contributed by atoms with van der Waals surface area (Å²) in [5, 5.41) is 5.13. The van der Waals surface area contributed by atoms with Crippen LogP contribution in [0.5, 0.6) is 0 Å². The average Bonchev–Trinajstić information content (AvgIpc) is 3.37. The van der Waals surface area contributed by atoms with Gasteiger partial charge in [-0.2, -0.15) is 4.98 Å². The highest BCUT2D eigenvalue weighted by molar-refractivity contribution is 8.00. The molecule has 1 N–H and O–H groups in total. The van der Waals surface area contributed by atoms with E-state index >= 15 is 0 Å². The predicted molar refractivity (Wildman–Crippen MR) is 147 cm³/mol. The highest BCUT2D eigenvalue weighted by Crippen LogP contribution is 2.39. The van der Waals surface area contributed by atoms with Gasteiger partial charge in [-0.15, -0.1) is 11.8 Å². The number of hydrogen-bond donors (Lipinski definition) is 1. The fraction of sp³-hybridized carbons (Fsp3) is 0.536. The van der Waals surface area contributed by atoms with Crippen molar-refractivity contribution in [1.29, 1.82) is 0 Å². The molecule has 7 heteroatoms. The lowest BCUT2D eigenvalue weighted by Crippen LogP contribution is -2.25. The van der Waals surface area contributed by atoms with E-state index in [0.29, 0.717) is 16.8 Å². The van der Waals surface area contributed by atoms with E-state index in [9.17, 15) is 4.79 Å². The number of pyridine rings is 1. The Hall–Kier alpha value is -2.05. The van der Waals surface area contributed by atoms with Gasteiger partial charge in [-0.3, -0.25) is 9.36 Å². The lowest BCUT2D eigenvalue weighted by Gasteiger charge is -2.30. The normalized spacial score (nSPS) is 21.2. The maximum Gasteiger partial charge on any atom is 0.271 e. The van der Waals surface area contributed by atoms with Crippen LogP contribution in [0.25, 0.3) is 11.0 Å². The molecule has 2 aliphatic rings. The van der Waals surface area contributed by atoms with Gasteiger partial charge in [0.1, 0.15) is 10.7 Å². The molecule has 2 fully saturated rings. The zero-order valence-electron chi connectivity index (χ0n) is 20.9. The monoisotopic (exact) mass is 510 g/mol. The van der Waals surface area contributed by atoms with Gasteiger partial charge in [0.25, 0.3) is 5.56 Å². The Kier molecular flexibility index (Phi) is 7.40. The number of nitrogens with zero attached hydrogens (tertiary/aromatic N) is 3. The van der Waals surface area contributed by atoms with Gasteiger partial charge in [0.15, 0.2) is 0 Å². The smallest absolute Gasteiger partial charge is 0.271 e. The number of hydrogen-bond acceptors (Lipinski definition) is 5. The summed E-state index contributed by atoms with van der Waals surface area (Å²) in [4.78, 5) is 23.5. The first-order valence-corrected chi connectivity index (χ1v) is 14.3. The summed E-state index contributed by atoms with van der Waals surface area (Å²) in [5.74, 6) is 2.19. The van der Waals surface area contributed by atoms with E-state index in [1.165, 1.54) is 36.1 Å². The largest absolute Gasteiger partial charge is 0.324 e. The minimum Gasteiger partial charge on any atom is -0.324 e. The molecule has 0 saturated heterocycles. The number of benzene rings is 1. The number of thioether (sulfide) groups is 1. The fourth-order valence-corrected chi connectivity index (χ4v) is 7.18. The van der Waals surface area contributed by atoms with Crippen LogP contribution in [-0.4, -0.2) is 19.8 Å². The molecule has 0 spiro atoms. The summed E-state index contributed by atoms with van der Waals surface area (Å²) in [6.07, 6.45) is 11.3. The van der Waals surface area contributed by atoms with Gasteiger partial charge in [-0.1, -0.05) is 38.3 Å². The van der Waals surface area contributed by atoms with Crippen molar-refractivity contribution in [2.24, 2.45) is 11.8 Å². The molecule has 0 bridgehead atoms. The first kappa shape index (κ1) is 24.6. The Morgan fingerprint density at radius 1 is 1.09 bits per heavy atom. The SMILES string of the molecule is Cc1cc(SC2CCC(C(C)C)CC2)ccc1Nc1ncc2cc(Cl)c(=O)n(C3CCCC3)c2n1. The van der Waals surface area contributed by atoms with Crippen molar-refractivity contribution >= 4 is 46.0 Å². The summed E-state index contributed by atoms with van der Waals surface area (Å²) in [6.45, 7) is 6.84. The second-order valence-electron chi connectivity index (χ2n) is 10.6.